The fourth-order valence-electron chi connectivity index (χ4n) is 3.01. The number of halogens is 2. The molecule has 2 heterocycles. The number of aromatic hydroxyl groups is 1. The number of hydrogen-bond acceptors (Lipinski definition) is 3. The van der Waals surface area contributed by atoms with Gasteiger partial charge in [-0.1, -0.05) is 35.9 Å². The van der Waals surface area contributed by atoms with Gasteiger partial charge in [-0.2, -0.15) is 0 Å². The van der Waals surface area contributed by atoms with Gasteiger partial charge in [0.25, 0.3) is 5.56 Å². The number of hydrogen-bond donors (Lipinski definition) is 1. The number of fused-ring (bicyclic) bond motifs is 3. The molecule has 5 nitrogen and oxygen atoms in total. The van der Waals surface area contributed by atoms with Gasteiger partial charge in [0.15, 0.2) is 11.3 Å². The van der Waals surface area contributed by atoms with Crippen molar-refractivity contribution in [2.45, 2.75) is 6.54 Å². The third-order valence-electron chi connectivity index (χ3n) is 4.19. The summed E-state index contributed by atoms with van der Waals surface area (Å²) in [5, 5.41) is 11.2. The summed E-state index contributed by atoms with van der Waals surface area (Å²) in [7, 11) is 0. The fraction of sp³-hybridized carbons (Fsp3) is 0.0526. The molecule has 4 rings (SSSR count). The van der Waals surface area contributed by atoms with Gasteiger partial charge in [-0.25, -0.2) is 0 Å². The summed E-state index contributed by atoms with van der Waals surface area (Å²) in [4.78, 5) is 25.2. The van der Waals surface area contributed by atoms with Gasteiger partial charge in [0.05, 0.1) is 12.1 Å². The van der Waals surface area contributed by atoms with E-state index in [2.05, 4.69) is 0 Å². The van der Waals surface area contributed by atoms with Crippen molar-refractivity contribution in [3.05, 3.63) is 92.1 Å². The molecule has 0 radical (unpaired) electrons. The van der Waals surface area contributed by atoms with Crippen LogP contribution in [0.1, 0.15) is 5.56 Å². The zero-order valence-corrected chi connectivity index (χ0v) is 15.0. The second-order valence-corrected chi connectivity index (χ2v) is 6.21. The van der Waals surface area contributed by atoms with E-state index in [4.69, 9.17) is 11.6 Å². The van der Waals surface area contributed by atoms with Crippen LogP contribution in [0.4, 0.5) is 0 Å². The van der Waals surface area contributed by atoms with Crippen LogP contribution in [0.2, 0.25) is 5.02 Å². The largest absolute Gasteiger partial charge is 0.503 e. The third-order valence-corrected chi connectivity index (χ3v) is 4.42. The highest BCUT2D eigenvalue weighted by Gasteiger charge is 2.15. The lowest BCUT2D eigenvalue weighted by atomic mass is 10.2. The van der Waals surface area contributed by atoms with Gasteiger partial charge in [0, 0.05) is 22.8 Å². The molecule has 132 valence electrons. The monoisotopic (exact) mass is 388 g/mol. The smallest absolute Gasteiger partial charge is 0.279 e. The average Bonchev–Trinajstić information content (AvgIpc) is 2.61. The van der Waals surface area contributed by atoms with Crippen molar-refractivity contribution < 1.29 is 5.11 Å². The molecule has 0 bridgehead atoms. The van der Waals surface area contributed by atoms with E-state index in [1.54, 1.807) is 59.3 Å². The molecule has 0 aliphatic carbocycles. The van der Waals surface area contributed by atoms with Crippen LogP contribution in [0.5, 0.6) is 5.75 Å². The molecule has 0 atom stereocenters. The lowest BCUT2D eigenvalue weighted by Gasteiger charge is -2.12. The first-order valence-electron chi connectivity index (χ1n) is 7.66. The van der Waals surface area contributed by atoms with Gasteiger partial charge in [-0.15, -0.1) is 12.4 Å². The van der Waals surface area contributed by atoms with Crippen molar-refractivity contribution in [1.29, 1.82) is 0 Å². The van der Waals surface area contributed by atoms with Crippen LogP contribution in [-0.4, -0.2) is 14.1 Å². The number of rotatable bonds is 2. The number of pyridine rings is 1. The van der Waals surface area contributed by atoms with Crippen molar-refractivity contribution in [3.63, 3.8) is 0 Å². The van der Waals surface area contributed by atoms with E-state index in [9.17, 15) is 14.7 Å². The molecule has 2 aromatic heterocycles. The Morgan fingerprint density at radius 2 is 1.77 bits per heavy atom. The van der Waals surface area contributed by atoms with E-state index >= 15 is 0 Å². The van der Waals surface area contributed by atoms with E-state index in [1.165, 1.54) is 4.57 Å². The molecule has 4 aromatic rings. The molecule has 0 saturated carbocycles. The summed E-state index contributed by atoms with van der Waals surface area (Å²) in [6.45, 7) is 0.288. The van der Waals surface area contributed by atoms with Gasteiger partial charge in [-0.3, -0.25) is 9.59 Å². The molecule has 0 aliphatic rings. The first-order valence-corrected chi connectivity index (χ1v) is 8.04. The number of benzene rings is 2. The van der Waals surface area contributed by atoms with E-state index in [1.807, 2.05) is 6.07 Å². The maximum atomic E-state index is 12.8. The van der Waals surface area contributed by atoms with Gasteiger partial charge in [0.1, 0.15) is 0 Å². The highest BCUT2D eigenvalue weighted by molar-refractivity contribution is 6.30. The third kappa shape index (κ3) is 2.85. The molecule has 0 unspecified atom stereocenters. The minimum atomic E-state index is -0.548. The highest BCUT2D eigenvalue weighted by atomic mass is 35.5. The lowest BCUT2D eigenvalue weighted by Crippen LogP contribution is -2.24. The quantitative estimate of drug-likeness (QED) is 0.535. The Morgan fingerprint density at radius 1 is 1.00 bits per heavy atom. The minimum Gasteiger partial charge on any atom is -0.503 e. The van der Waals surface area contributed by atoms with E-state index in [-0.39, 0.29) is 24.5 Å². The molecule has 26 heavy (non-hydrogen) atoms. The van der Waals surface area contributed by atoms with E-state index in [0.717, 1.165) is 5.56 Å². The predicted molar refractivity (Wildman–Crippen MR) is 105 cm³/mol. The van der Waals surface area contributed by atoms with Crippen molar-refractivity contribution in [2.24, 2.45) is 0 Å². The normalized spacial score (nSPS) is 10.8. The second-order valence-electron chi connectivity index (χ2n) is 5.77. The van der Waals surface area contributed by atoms with Gasteiger partial charge in [0.2, 0.25) is 5.43 Å². The summed E-state index contributed by atoms with van der Waals surface area (Å²) in [5.41, 5.74) is 0.401. The maximum absolute atomic E-state index is 12.8. The first-order chi connectivity index (χ1) is 12.1. The summed E-state index contributed by atoms with van der Waals surface area (Å²) in [6, 6.07) is 14.1. The zero-order chi connectivity index (χ0) is 17.6. The highest BCUT2D eigenvalue weighted by Crippen LogP contribution is 2.18. The van der Waals surface area contributed by atoms with Crippen molar-refractivity contribution in [2.75, 3.05) is 0 Å². The topological polar surface area (TPSA) is 63.7 Å². The molecule has 0 saturated heterocycles. The van der Waals surface area contributed by atoms with Crippen molar-refractivity contribution in [3.8, 4) is 5.75 Å². The van der Waals surface area contributed by atoms with E-state index < -0.39 is 16.7 Å². The molecule has 0 fully saturated rings. The molecule has 1 N–H and O–H groups in total. The summed E-state index contributed by atoms with van der Waals surface area (Å²) < 4.78 is 2.98. The zero-order valence-electron chi connectivity index (χ0n) is 13.4. The summed E-state index contributed by atoms with van der Waals surface area (Å²) in [5.74, 6) is -0.538. The number of para-hydroxylation sites is 1. The van der Waals surface area contributed by atoms with Crippen LogP contribution >= 0.6 is 24.0 Å². The SMILES string of the molecule is Cl.O=c1c(O)c2c(=O)n(Cc3cccc(Cl)c3)ccn2c2ccccc12. The maximum Gasteiger partial charge on any atom is 0.279 e. The summed E-state index contributed by atoms with van der Waals surface area (Å²) in [6.07, 6.45) is 3.30. The Morgan fingerprint density at radius 3 is 2.54 bits per heavy atom. The second kappa shape index (κ2) is 6.86. The van der Waals surface area contributed by atoms with Gasteiger partial charge < -0.3 is 14.1 Å². The Bertz CT molecular complexity index is 1250. The van der Waals surface area contributed by atoms with Crippen molar-refractivity contribution in [1.82, 2.24) is 8.97 Å². The van der Waals surface area contributed by atoms with Crippen LogP contribution in [-0.2, 0) is 6.54 Å². The molecule has 2 aromatic carbocycles. The molecular weight excluding hydrogens is 375 g/mol. The molecule has 0 aliphatic heterocycles. The van der Waals surface area contributed by atoms with Crippen LogP contribution < -0.4 is 11.0 Å². The standard InChI is InChI=1S/C19H13ClN2O3.ClH/c20-13-5-3-4-12(10-13)11-21-8-9-22-15-7-2-1-6-14(15)17(23)18(24)16(22)19(21)25;/h1-10,24H,11H2;1H. The summed E-state index contributed by atoms with van der Waals surface area (Å²) >= 11 is 5.98. The predicted octanol–water partition coefficient (Wildman–Crippen LogP) is 3.44. The molecule has 0 spiro atoms. The first kappa shape index (κ1) is 18.0. The van der Waals surface area contributed by atoms with Gasteiger partial charge >= 0.3 is 0 Å². The van der Waals surface area contributed by atoms with Crippen LogP contribution in [0, 0.1) is 0 Å². The van der Waals surface area contributed by atoms with Crippen LogP contribution in [0.25, 0.3) is 16.4 Å². The molecule has 0 amide bonds. The Hall–Kier alpha value is -2.76. The Kier molecular flexibility index (Phi) is 4.76. The number of aromatic nitrogens is 2. The Labute approximate surface area is 159 Å². The molecular formula is C19H14Cl2N2O3. The van der Waals surface area contributed by atoms with Crippen LogP contribution in [0.15, 0.2) is 70.5 Å². The fourth-order valence-corrected chi connectivity index (χ4v) is 3.22. The lowest BCUT2D eigenvalue weighted by molar-refractivity contribution is 0.473. The number of nitrogens with zero attached hydrogens (tertiary/aromatic N) is 2. The van der Waals surface area contributed by atoms with Crippen LogP contribution in [0.3, 0.4) is 0 Å². The Balaban J connectivity index is 0.00000196. The van der Waals surface area contributed by atoms with E-state index in [0.29, 0.717) is 15.9 Å². The van der Waals surface area contributed by atoms with Gasteiger partial charge in [-0.05, 0) is 29.8 Å². The van der Waals surface area contributed by atoms with Crippen molar-refractivity contribution >= 4 is 40.4 Å². The molecule has 7 heteroatoms. The minimum absolute atomic E-state index is 0. The average molecular weight is 389 g/mol.